The van der Waals surface area contributed by atoms with Crippen molar-refractivity contribution in [2.45, 2.75) is 6.54 Å². The van der Waals surface area contributed by atoms with E-state index in [1.54, 1.807) is 13.2 Å². The van der Waals surface area contributed by atoms with Gasteiger partial charge in [-0.2, -0.15) is 0 Å². The molecule has 0 saturated carbocycles. The Morgan fingerprint density at radius 3 is 2.67 bits per heavy atom. The van der Waals surface area contributed by atoms with Crippen LogP contribution in [0.5, 0.6) is 5.75 Å². The molecule has 0 heterocycles. The van der Waals surface area contributed by atoms with Gasteiger partial charge in [0.05, 0.1) is 5.02 Å². The van der Waals surface area contributed by atoms with Crippen LogP contribution in [0.25, 0.3) is 0 Å². The molecule has 84 valence electrons. The Hall–Kier alpha value is -0.480. The predicted octanol–water partition coefficient (Wildman–Crippen LogP) is 2.70. The third-order valence-corrected chi connectivity index (χ3v) is 2.27. The maximum absolute atomic E-state index is 6.01. The third kappa shape index (κ3) is 3.54. The molecule has 5 heteroatoms. The highest BCUT2D eigenvalue weighted by Crippen LogP contribution is 2.32. The lowest BCUT2D eigenvalue weighted by Gasteiger charge is -2.12. The summed E-state index contributed by atoms with van der Waals surface area (Å²) in [6, 6.07) is 3.46. The van der Waals surface area contributed by atoms with Crippen molar-refractivity contribution in [3.63, 3.8) is 0 Å². The summed E-state index contributed by atoms with van der Waals surface area (Å²) in [5, 5.41) is 4.10. The Labute approximate surface area is 99.3 Å². The summed E-state index contributed by atoms with van der Waals surface area (Å²) >= 11 is 11.9. The number of halogens is 2. The van der Waals surface area contributed by atoms with Crippen LogP contribution in [0.15, 0.2) is 12.1 Å². The topological polar surface area (TPSA) is 30.5 Å². The molecule has 0 spiro atoms. The van der Waals surface area contributed by atoms with Crippen LogP contribution in [-0.4, -0.2) is 21.0 Å². The van der Waals surface area contributed by atoms with Crippen molar-refractivity contribution in [3.05, 3.63) is 27.7 Å². The Kier molecular flexibility index (Phi) is 5.19. The van der Waals surface area contributed by atoms with Gasteiger partial charge in [0, 0.05) is 24.2 Å². The van der Waals surface area contributed by atoms with Gasteiger partial charge in [0.2, 0.25) is 0 Å². The summed E-state index contributed by atoms with van der Waals surface area (Å²) in [6.45, 7) is 0.803. The maximum Gasteiger partial charge on any atom is 0.188 e. The van der Waals surface area contributed by atoms with Gasteiger partial charge in [-0.05, 0) is 19.2 Å². The van der Waals surface area contributed by atoms with Crippen LogP contribution >= 0.6 is 23.2 Å². The number of nitrogens with one attached hydrogen (secondary N) is 1. The zero-order valence-corrected chi connectivity index (χ0v) is 10.2. The zero-order valence-electron chi connectivity index (χ0n) is 8.64. The third-order valence-electron chi connectivity index (χ3n) is 1.77. The van der Waals surface area contributed by atoms with Gasteiger partial charge in [0.25, 0.3) is 0 Å². The first-order valence-corrected chi connectivity index (χ1v) is 5.19. The molecule has 0 aliphatic heterocycles. The van der Waals surface area contributed by atoms with E-state index in [0.717, 1.165) is 5.56 Å². The molecule has 0 aliphatic rings. The van der Waals surface area contributed by atoms with E-state index in [2.05, 4.69) is 5.32 Å². The number of methoxy groups -OCH3 is 1. The minimum absolute atomic E-state index is 0.165. The first-order valence-electron chi connectivity index (χ1n) is 4.43. The van der Waals surface area contributed by atoms with Crippen molar-refractivity contribution in [3.8, 4) is 5.75 Å². The highest BCUT2D eigenvalue weighted by molar-refractivity contribution is 6.35. The highest BCUT2D eigenvalue weighted by atomic mass is 35.5. The van der Waals surface area contributed by atoms with Crippen molar-refractivity contribution in [2.75, 3.05) is 21.0 Å². The molecule has 0 amide bonds. The molecular weight excluding hydrogens is 237 g/mol. The van der Waals surface area contributed by atoms with Crippen LogP contribution in [0, 0.1) is 0 Å². The minimum atomic E-state index is 0.165. The molecule has 0 aliphatic carbocycles. The maximum atomic E-state index is 6.01. The fourth-order valence-corrected chi connectivity index (χ4v) is 1.81. The first kappa shape index (κ1) is 12.6. The van der Waals surface area contributed by atoms with Gasteiger partial charge in [0.1, 0.15) is 5.75 Å². The molecule has 0 atom stereocenters. The second-order valence-corrected chi connectivity index (χ2v) is 3.80. The van der Waals surface area contributed by atoms with Crippen LogP contribution in [0.4, 0.5) is 0 Å². The molecule has 0 aromatic heterocycles. The molecular formula is C10H13Cl2NO2. The van der Waals surface area contributed by atoms with Crippen LogP contribution < -0.4 is 10.1 Å². The van der Waals surface area contributed by atoms with Crippen molar-refractivity contribution in [2.24, 2.45) is 0 Å². The van der Waals surface area contributed by atoms with Crippen LogP contribution in [0.1, 0.15) is 5.56 Å². The van der Waals surface area contributed by atoms with Crippen molar-refractivity contribution >= 4 is 23.2 Å². The van der Waals surface area contributed by atoms with Crippen LogP contribution in [0.3, 0.4) is 0 Å². The summed E-state index contributed by atoms with van der Waals surface area (Å²) in [5.41, 5.74) is 0.909. The molecule has 0 saturated heterocycles. The average molecular weight is 250 g/mol. The van der Waals surface area contributed by atoms with Gasteiger partial charge < -0.3 is 14.8 Å². The Morgan fingerprint density at radius 2 is 2.07 bits per heavy atom. The van der Waals surface area contributed by atoms with Gasteiger partial charge >= 0.3 is 0 Å². The number of rotatable bonds is 5. The lowest BCUT2D eigenvalue weighted by Crippen LogP contribution is -2.09. The van der Waals surface area contributed by atoms with Gasteiger partial charge in [0.15, 0.2) is 6.79 Å². The summed E-state index contributed by atoms with van der Waals surface area (Å²) in [7, 11) is 3.40. The Balaban J connectivity index is 2.97. The lowest BCUT2D eigenvalue weighted by molar-refractivity contribution is 0.0504. The predicted molar refractivity (Wildman–Crippen MR) is 61.7 cm³/mol. The second kappa shape index (κ2) is 6.18. The number of benzene rings is 1. The van der Waals surface area contributed by atoms with Crippen LogP contribution in [0.2, 0.25) is 10.0 Å². The fraction of sp³-hybridized carbons (Fsp3) is 0.400. The molecule has 1 N–H and O–H groups in total. The summed E-state index contributed by atoms with van der Waals surface area (Å²) < 4.78 is 10.2. The molecule has 1 aromatic rings. The fourth-order valence-electron chi connectivity index (χ4n) is 1.21. The molecule has 0 radical (unpaired) electrons. The van der Waals surface area contributed by atoms with E-state index in [-0.39, 0.29) is 6.79 Å². The lowest BCUT2D eigenvalue weighted by atomic mass is 10.2. The first-order chi connectivity index (χ1) is 7.19. The van der Waals surface area contributed by atoms with E-state index in [1.807, 2.05) is 13.1 Å². The smallest absolute Gasteiger partial charge is 0.188 e. The zero-order chi connectivity index (χ0) is 11.3. The molecule has 0 unspecified atom stereocenters. The van der Waals surface area contributed by atoms with Gasteiger partial charge in [-0.25, -0.2) is 0 Å². The van der Waals surface area contributed by atoms with Crippen molar-refractivity contribution < 1.29 is 9.47 Å². The summed E-state index contributed by atoms with van der Waals surface area (Å²) in [5.74, 6) is 0.609. The normalized spacial score (nSPS) is 10.4. The van der Waals surface area contributed by atoms with E-state index in [9.17, 15) is 0 Å². The quantitative estimate of drug-likeness (QED) is 0.815. The number of ether oxygens (including phenoxy) is 2. The molecule has 1 aromatic carbocycles. The molecule has 3 nitrogen and oxygen atoms in total. The highest BCUT2D eigenvalue weighted by Gasteiger charge is 2.09. The average Bonchev–Trinajstić information content (AvgIpc) is 2.17. The van der Waals surface area contributed by atoms with E-state index in [4.69, 9.17) is 32.7 Å². The molecule has 0 fully saturated rings. The molecule has 0 bridgehead atoms. The van der Waals surface area contributed by atoms with Crippen molar-refractivity contribution in [1.82, 2.24) is 5.32 Å². The minimum Gasteiger partial charge on any atom is -0.466 e. The van der Waals surface area contributed by atoms with Gasteiger partial charge in [-0.1, -0.05) is 23.2 Å². The summed E-state index contributed by atoms with van der Waals surface area (Å²) in [4.78, 5) is 0. The van der Waals surface area contributed by atoms with Gasteiger partial charge in [-0.15, -0.1) is 0 Å². The number of hydrogen-bond donors (Lipinski definition) is 1. The Morgan fingerprint density at radius 1 is 1.33 bits per heavy atom. The van der Waals surface area contributed by atoms with Crippen molar-refractivity contribution in [1.29, 1.82) is 0 Å². The molecule has 15 heavy (non-hydrogen) atoms. The SMILES string of the molecule is CNCc1cc(Cl)cc(Cl)c1OCOC. The van der Waals surface area contributed by atoms with E-state index in [1.165, 1.54) is 0 Å². The number of hydrogen-bond acceptors (Lipinski definition) is 3. The largest absolute Gasteiger partial charge is 0.466 e. The van der Waals surface area contributed by atoms with E-state index >= 15 is 0 Å². The Bertz CT molecular complexity index is 331. The van der Waals surface area contributed by atoms with Gasteiger partial charge in [-0.3, -0.25) is 0 Å². The second-order valence-electron chi connectivity index (χ2n) is 2.96. The van der Waals surface area contributed by atoms with Crippen LogP contribution in [-0.2, 0) is 11.3 Å². The van der Waals surface area contributed by atoms with E-state index < -0.39 is 0 Å². The standard InChI is InChI=1S/C10H13Cl2NO2/c1-13-5-7-3-8(11)4-9(12)10(7)15-6-14-2/h3-4,13H,5-6H2,1-2H3. The summed E-state index contributed by atoms with van der Waals surface area (Å²) in [6.07, 6.45) is 0. The monoisotopic (exact) mass is 249 g/mol. The molecule has 1 rings (SSSR count). The van der Waals surface area contributed by atoms with E-state index in [0.29, 0.717) is 22.3 Å².